The number of aromatic nitrogens is 1. The molecule has 0 radical (unpaired) electrons. The molecule has 1 saturated carbocycles. The fourth-order valence-electron chi connectivity index (χ4n) is 4.15. The van der Waals surface area contributed by atoms with Crippen molar-refractivity contribution in [1.29, 1.82) is 0 Å². The van der Waals surface area contributed by atoms with Crippen molar-refractivity contribution in [2.45, 2.75) is 44.2 Å². The summed E-state index contributed by atoms with van der Waals surface area (Å²) in [7, 11) is 0. The number of hydrogen-bond donors (Lipinski definition) is 1. The molecule has 3 amide bonds. The minimum Gasteiger partial charge on any atom is -0.306 e. The van der Waals surface area contributed by atoms with Gasteiger partial charge in [0.15, 0.2) is 5.13 Å². The normalized spacial score (nSPS) is 23.6. The van der Waals surface area contributed by atoms with Gasteiger partial charge in [-0.05, 0) is 38.3 Å². The molecule has 0 unspecified atom stereocenters. The molecule has 0 bridgehead atoms. The topological polar surface area (TPSA) is 82.6 Å². The molecule has 7 nitrogen and oxygen atoms in total. The zero-order valence-electron chi connectivity index (χ0n) is 15.5. The molecule has 144 valence electrons. The number of carbonyl (C=O) groups excluding carboxylic acids is 3. The summed E-state index contributed by atoms with van der Waals surface area (Å²) in [6.07, 6.45) is 3.16. The van der Waals surface area contributed by atoms with Gasteiger partial charge in [-0.2, -0.15) is 0 Å². The maximum absolute atomic E-state index is 13.2. The van der Waals surface area contributed by atoms with Crippen LogP contribution in [0.1, 0.15) is 54.6 Å². The molecule has 1 saturated heterocycles. The fraction of sp³-hybridized carbons (Fsp3) is 0.400. The van der Waals surface area contributed by atoms with Gasteiger partial charge in [-0.25, -0.2) is 4.98 Å². The highest BCUT2D eigenvalue weighted by molar-refractivity contribution is 7.13. The van der Waals surface area contributed by atoms with Crippen LogP contribution in [0.3, 0.4) is 0 Å². The molecular formula is C20H20N4O3S. The van der Waals surface area contributed by atoms with Gasteiger partial charge in [0.25, 0.3) is 5.91 Å². The van der Waals surface area contributed by atoms with Crippen molar-refractivity contribution in [3.63, 3.8) is 0 Å². The van der Waals surface area contributed by atoms with Gasteiger partial charge < -0.3 is 10.2 Å². The molecule has 2 aliphatic heterocycles. The third kappa shape index (κ3) is 2.63. The highest BCUT2D eigenvalue weighted by atomic mass is 32.1. The first-order chi connectivity index (χ1) is 13.5. The highest BCUT2D eigenvalue weighted by Crippen LogP contribution is 2.44. The Morgan fingerprint density at radius 3 is 2.89 bits per heavy atom. The number of amides is 3. The first-order valence-corrected chi connectivity index (χ1v) is 10.3. The number of anilines is 2. The SMILES string of the molecule is C[C@@]12CCC(=O)N1c1ccccc1C(=O)N2CC(=O)Nc1nc(C2CC2)cs1. The van der Waals surface area contributed by atoms with Crippen LogP contribution in [0.15, 0.2) is 29.6 Å². The van der Waals surface area contributed by atoms with Crippen molar-refractivity contribution in [1.82, 2.24) is 9.88 Å². The molecule has 1 atom stereocenters. The Hall–Kier alpha value is -2.74. The van der Waals surface area contributed by atoms with Crippen LogP contribution in [0.25, 0.3) is 0 Å². The Kier molecular flexibility index (Phi) is 3.80. The Morgan fingerprint density at radius 2 is 2.11 bits per heavy atom. The van der Waals surface area contributed by atoms with Gasteiger partial charge in [-0.15, -0.1) is 11.3 Å². The Labute approximate surface area is 166 Å². The van der Waals surface area contributed by atoms with Gasteiger partial charge in [-0.3, -0.25) is 19.3 Å². The molecule has 3 heterocycles. The zero-order valence-corrected chi connectivity index (χ0v) is 16.3. The Balaban J connectivity index is 1.41. The lowest BCUT2D eigenvalue weighted by Gasteiger charge is -2.48. The summed E-state index contributed by atoms with van der Waals surface area (Å²) in [5.41, 5.74) is 1.28. The van der Waals surface area contributed by atoms with E-state index in [1.54, 1.807) is 23.1 Å². The van der Waals surface area contributed by atoms with Gasteiger partial charge in [0, 0.05) is 17.7 Å². The average Bonchev–Trinajstić information content (AvgIpc) is 3.35. The number of benzene rings is 1. The first kappa shape index (κ1) is 17.4. The summed E-state index contributed by atoms with van der Waals surface area (Å²) < 4.78 is 0. The number of fused-ring (bicyclic) bond motifs is 3. The van der Waals surface area contributed by atoms with Crippen molar-refractivity contribution in [2.75, 3.05) is 16.8 Å². The molecule has 1 aromatic heterocycles. The molecule has 5 rings (SSSR count). The predicted octanol–water partition coefficient (Wildman–Crippen LogP) is 2.96. The third-order valence-corrected chi connectivity index (χ3v) is 6.59. The van der Waals surface area contributed by atoms with Gasteiger partial charge in [0.1, 0.15) is 12.2 Å². The van der Waals surface area contributed by atoms with Crippen LogP contribution < -0.4 is 10.2 Å². The van der Waals surface area contributed by atoms with E-state index in [1.807, 2.05) is 18.4 Å². The summed E-state index contributed by atoms with van der Waals surface area (Å²) in [6.45, 7) is 1.74. The second-order valence-electron chi connectivity index (χ2n) is 7.75. The minimum absolute atomic E-state index is 0.0261. The molecule has 1 aliphatic carbocycles. The van der Waals surface area contributed by atoms with E-state index in [0.717, 1.165) is 18.5 Å². The van der Waals surface area contributed by atoms with Crippen LogP contribution in [0.4, 0.5) is 10.8 Å². The van der Waals surface area contributed by atoms with E-state index >= 15 is 0 Å². The molecule has 3 aliphatic rings. The van der Waals surface area contributed by atoms with Gasteiger partial charge in [0.2, 0.25) is 11.8 Å². The predicted molar refractivity (Wildman–Crippen MR) is 105 cm³/mol. The molecule has 8 heteroatoms. The quantitative estimate of drug-likeness (QED) is 0.861. The highest BCUT2D eigenvalue weighted by Gasteiger charge is 2.53. The van der Waals surface area contributed by atoms with Crippen molar-refractivity contribution in [3.05, 3.63) is 40.9 Å². The lowest BCUT2D eigenvalue weighted by Crippen LogP contribution is -2.63. The number of hydrogen-bond acceptors (Lipinski definition) is 5. The van der Waals surface area contributed by atoms with E-state index in [4.69, 9.17) is 0 Å². The van der Waals surface area contributed by atoms with Gasteiger partial charge >= 0.3 is 0 Å². The monoisotopic (exact) mass is 396 g/mol. The van der Waals surface area contributed by atoms with Crippen LogP contribution >= 0.6 is 11.3 Å². The molecule has 2 aromatic rings. The number of nitrogens with zero attached hydrogens (tertiary/aromatic N) is 3. The van der Waals surface area contributed by atoms with Crippen LogP contribution in [-0.4, -0.2) is 39.8 Å². The number of rotatable bonds is 4. The van der Waals surface area contributed by atoms with Crippen molar-refractivity contribution in [3.8, 4) is 0 Å². The molecule has 0 spiro atoms. The van der Waals surface area contributed by atoms with E-state index in [0.29, 0.717) is 35.1 Å². The van der Waals surface area contributed by atoms with Crippen LogP contribution in [-0.2, 0) is 9.59 Å². The molecule has 28 heavy (non-hydrogen) atoms. The third-order valence-electron chi connectivity index (χ3n) is 5.81. The van der Waals surface area contributed by atoms with E-state index in [9.17, 15) is 14.4 Å². The largest absolute Gasteiger partial charge is 0.306 e. The lowest BCUT2D eigenvalue weighted by atomic mass is 9.98. The summed E-state index contributed by atoms with van der Waals surface area (Å²) in [6, 6.07) is 7.09. The zero-order chi connectivity index (χ0) is 19.5. The van der Waals surface area contributed by atoms with Crippen LogP contribution in [0, 0.1) is 0 Å². The van der Waals surface area contributed by atoms with Crippen molar-refractivity contribution >= 4 is 39.9 Å². The lowest BCUT2D eigenvalue weighted by molar-refractivity contribution is -0.120. The van der Waals surface area contributed by atoms with Gasteiger partial charge in [0.05, 0.1) is 16.9 Å². The second-order valence-corrected chi connectivity index (χ2v) is 8.61. The summed E-state index contributed by atoms with van der Waals surface area (Å²) >= 11 is 1.41. The number of nitrogens with one attached hydrogen (secondary N) is 1. The minimum atomic E-state index is -0.831. The summed E-state index contributed by atoms with van der Waals surface area (Å²) in [4.78, 5) is 46.1. The average molecular weight is 396 g/mol. The molecule has 1 N–H and O–H groups in total. The van der Waals surface area contributed by atoms with E-state index in [2.05, 4.69) is 10.3 Å². The molecule has 1 aromatic carbocycles. The van der Waals surface area contributed by atoms with E-state index in [-0.39, 0.29) is 24.3 Å². The fourth-order valence-corrected chi connectivity index (χ4v) is 4.96. The maximum Gasteiger partial charge on any atom is 0.258 e. The van der Waals surface area contributed by atoms with Crippen molar-refractivity contribution < 1.29 is 14.4 Å². The van der Waals surface area contributed by atoms with Crippen molar-refractivity contribution in [2.24, 2.45) is 0 Å². The smallest absolute Gasteiger partial charge is 0.258 e. The Morgan fingerprint density at radius 1 is 1.32 bits per heavy atom. The van der Waals surface area contributed by atoms with Gasteiger partial charge in [-0.1, -0.05) is 12.1 Å². The number of para-hydroxylation sites is 1. The van der Waals surface area contributed by atoms with E-state index < -0.39 is 5.66 Å². The number of thiazole rings is 1. The standard InChI is InChI=1S/C20H20N4O3S/c1-20-9-8-17(26)24(20)15-5-3-2-4-13(15)18(27)23(20)10-16(25)22-19-21-14(11-28-19)12-6-7-12/h2-5,11-12H,6-10H2,1H3,(H,21,22,25)/t20-/m0/s1. The Bertz CT molecular complexity index is 999. The van der Waals surface area contributed by atoms with Crippen LogP contribution in [0.5, 0.6) is 0 Å². The van der Waals surface area contributed by atoms with Crippen LogP contribution in [0.2, 0.25) is 0 Å². The maximum atomic E-state index is 13.2. The van der Waals surface area contributed by atoms with E-state index in [1.165, 1.54) is 16.2 Å². The summed E-state index contributed by atoms with van der Waals surface area (Å²) in [5.74, 6) is -0.0251. The second kappa shape index (κ2) is 6.13. The molecule has 2 fully saturated rings. The number of carbonyl (C=O) groups is 3. The summed E-state index contributed by atoms with van der Waals surface area (Å²) in [5, 5.41) is 5.35. The first-order valence-electron chi connectivity index (χ1n) is 9.47. The molecular weight excluding hydrogens is 376 g/mol.